The van der Waals surface area contributed by atoms with Gasteiger partial charge in [0.25, 0.3) is 5.91 Å². The average molecular weight is 647 g/mol. The van der Waals surface area contributed by atoms with E-state index >= 15 is 0 Å². The molecule has 0 aliphatic carbocycles. The van der Waals surface area contributed by atoms with E-state index in [1.54, 1.807) is 5.32 Å². The minimum atomic E-state index is -5.44. The Bertz CT molecular complexity index is 1350. The summed E-state index contributed by atoms with van der Waals surface area (Å²) in [4.78, 5) is 24.2. The van der Waals surface area contributed by atoms with Gasteiger partial charge in [-0.1, -0.05) is 17.7 Å². The molecule has 0 aliphatic rings. The van der Waals surface area contributed by atoms with Crippen molar-refractivity contribution in [3.05, 3.63) is 75.3 Å². The van der Waals surface area contributed by atoms with Gasteiger partial charge in [0.15, 0.2) is 0 Å². The van der Waals surface area contributed by atoms with Crippen molar-refractivity contribution in [2.75, 3.05) is 20.1 Å². The third kappa shape index (κ3) is 9.52. The standard InChI is InChI=1S/C24H16ClF13N2O2/c1-40(10-21(27,28)29)19(41)9-39-20(42)15-3-2-11(6-17(15)24(36,37)38)18(26)8-16(23(33,34)35)12-4-13(22(30,31)32)7-14(25)5-12/h2-8,16H,9-10H2,1H3,(H,39,42). The molecule has 1 unspecified atom stereocenters. The fraction of sp³-hybridized carbons (Fsp3) is 0.333. The van der Waals surface area contributed by atoms with Gasteiger partial charge in [0, 0.05) is 17.6 Å². The van der Waals surface area contributed by atoms with Crippen LogP contribution in [0, 0.1) is 0 Å². The molecule has 0 radical (unpaired) electrons. The van der Waals surface area contributed by atoms with E-state index in [2.05, 4.69) is 0 Å². The highest BCUT2D eigenvalue weighted by molar-refractivity contribution is 6.30. The first-order chi connectivity index (χ1) is 18.9. The van der Waals surface area contributed by atoms with Crippen LogP contribution >= 0.6 is 11.6 Å². The molecule has 18 heteroatoms. The van der Waals surface area contributed by atoms with Gasteiger partial charge in [0.05, 0.1) is 23.2 Å². The molecular weight excluding hydrogens is 631 g/mol. The van der Waals surface area contributed by atoms with Crippen molar-refractivity contribution in [3.8, 4) is 0 Å². The van der Waals surface area contributed by atoms with Gasteiger partial charge in [-0.2, -0.15) is 52.7 Å². The number of rotatable bonds is 7. The number of nitrogens with zero attached hydrogens (tertiary/aromatic N) is 1. The summed E-state index contributed by atoms with van der Waals surface area (Å²) in [5.74, 6) is -8.05. The SMILES string of the molecule is CN(CC(F)(F)F)C(=O)CNC(=O)c1ccc(C(F)=CC(c2cc(Cl)cc(C(F)(F)F)c2)C(F)(F)F)cc1C(F)(F)F. The van der Waals surface area contributed by atoms with Crippen LogP contribution in [0.1, 0.15) is 38.5 Å². The van der Waals surface area contributed by atoms with E-state index in [0.717, 1.165) is 0 Å². The predicted octanol–water partition coefficient (Wildman–Crippen LogP) is 7.78. The maximum atomic E-state index is 14.9. The number of nitrogens with one attached hydrogen (secondary N) is 1. The second kappa shape index (κ2) is 12.4. The van der Waals surface area contributed by atoms with Crippen LogP contribution in [0.25, 0.3) is 5.83 Å². The highest BCUT2D eigenvalue weighted by Gasteiger charge is 2.42. The quantitative estimate of drug-likeness (QED) is 0.313. The monoisotopic (exact) mass is 646 g/mol. The summed E-state index contributed by atoms with van der Waals surface area (Å²) in [5.41, 5.74) is -7.10. The maximum Gasteiger partial charge on any atom is 0.417 e. The van der Waals surface area contributed by atoms with Crippen molar-refractivity contribution in [2.45, 2.75) is 30.6 Å². The topological polar surface area (TPSA) is 49.4 Å². The van der Waals surface area contributed by atoms with Crippen LogP contribution < -0.4 is 5.32 Å². The average Bonchev–Trinajstić information content (AvgIpc) is 2.81. The molecule has 2 aromatic carbocycles. The number of hydrogen-bond acceptors (Lipinski definition) is 2. The van der Waals surface area contributed by atoms with Gasteiger partial charge < -0.3 is 10.2 Å². The van der Waals surface area contributed by atoms with Gasteiger partial charge in [-0.3, -0.25) is 9.59 Å². The van der Waals surface area contributed by atoms with Crippen molar-refractivity contribution in [1.82, 2.24) is 10.2 Å². The van der Waals surface area contributed by atoms with Crippen LogP contribution in [0.4, 0.5) is 57.1 Å². The Kier molecular flexibility index (Phi) is 10.2. The molecule has 0 aromatic heterocycles. The van der Waals surface area contributed by atoms with Gasteiger partial charge >= 0.3 is 24.7 Å². The first-order valence-electron chi connectivity index (χ1n) is 11.0. The van der Waals surface area contributed by atoms with E-state index in [1.165, 1.54) is 0 Å². The number of allylic oxidation sites excluding steroid dienone is 1. The van der Waals surface area contributed by atoms with Gasteiger partial charge in [-0.05, 0) is 42.0 Å². The van der Waals surface area contributed by atoms with Crippen LogP contribution in [-0.2, 0) is 17.1 Å². The zero-order chi connectivity index (χ0) is 32.4. The molecule has 1 atom stereocenters. The molecule has 0 heterocycles. The van der Waals surface area contributed by atoms with Gasteiger partial charge in [0.2, 0.25) is 5.91 Å². The van der Waals surface area contributed by atoms with E-state index in [-0.39, 0.29) is 23.1 Å². The van der Waals surface area contributed by atoms with Gasteiger partial charge in [0.1, 0.15) is 18.3 Å². The summed E-state index contributed by atoms with van der Waals surface area (Å²) in [6.45, 7) is -2.91. The normalized spacial score (nSPS) is 14.0. The molecule has 0 spiro atoms. The zero-order valence-corrected chi connectivity index (χ0v) is 21.3. The highest BCUT2D eigenvalue weighted by Crippen LogP contribution is 2.42. The number of likely N-dealkylation sites (N-methyl/N-ethyl adjacent to an activating group) is 1. The summed E-state index contributed by atoms with van der Waals surface area (Å²) in [6, 6.07) is 1.51. The predicted molar refractivity (Wildman–Crippen MR) is 122 cm³/mol. The Labute approximate surface area is 232 Å². The first kappa shape index (κ1) is 34.7. The summed E-state index contributed by atoms with van der Waals surface area (Å²) in [5, 5.41) is 0.873. The van der Waals surface area contributed by atoms with Crippen molar-refractivity contribution < 1.29 is 66.7 Å². The second-order valence-electron chi connectivity index (χ2n) is 8.61. The van der Waals surface area contributed by atoms with E-state index < -0.39 is 94.2 Å². The van der Waals surface area contributed by atoms with Crippen LogP contribution in [0.5, 0.6) is 0 Å². The van der Waals surface area contributed by atoms with Gasteiger partial charge in [-0.25, -0.2) is 4.39 Å². The second-order valence-corrected chi connectivity index (χ2v) is 9.05. The van der Waals surface area contributed by atoms with Crippen molar-refractivity contribution >= 4 is 29.2 Å². The van der Waals surface area contributed by atoms with Crippen LogP contribution in [-0.4, -0.2) is 49.2 Å². The summed E-state index contributed by atoms with van der Waals surface area (Å²) in [7, 11) is 0.703. The Hall–Kier alpha value is -3.50. The molecule has 2 aromatic rings. The van der Waals surface area contributed by atoms with Crippen LogP contribution in [0.15, 0.2) is 42.5 Å². The number of hydrogen-bond donors (Lipinski definition) is 1. The largest absolute Gasteiger partial charge is 0.417 e. The number of amides is 2. The lowest BCUT2D eigenvalue weighted by molar-refractivity contribution is -0.157. The molecule has 0 bridgehead atoms. The molecule has 0 fully saturated rings. The molecule has 0 saturated carbocycles. The maximum absolute atomic E-state index is 14.9. The Balaban J connectivity index is 2.46. The fourth-order valence-electron chi connectivity index (χ4n) is 3.45. The minimum absolute atomic E-state index is 0.0375. The molecule has 2 rings (SSSR count). The Morgan fingerprint density at radius 2 is 1.50 bits per heavy atom. The van der Waals surface area contributed by atoms with Crippen molar-refractivity contribution in [2.24, 2.45) is 0 Å². The minimum Gasteiger partial charge on any atom is -0.343 e. The van der Waals surface area contributed by atoms with Crippen molar-refractivity contribution in [1.29, 1.82) is 0 Å². The number of carbonyl (C=O) groups excluding carboxylic acids is 2. The van der Waals surface area contributed by atoms with Crippen LogP contribution in [0.2, 0.25) is 5.02 Å². The molecule has 2 amide bonds. The number of benzene rings is 2. The molecule has 0 aliphatic heterocycles. The molecular formula is C24H16ClF13N2O2. The smallest absolute Gasteiger partial charge is 0.343 e. The summed E-state index contributed by atoms with van der Waals surface area (Å²) >= 11 is 5.49. The third-order valence-corrected chi connectivity index (χ3v) is 5.58. The van der Waals surface area contributed by atoms with E-state index in [9.17, 15) is 66.7 Å². The third-order valence-electron chi connectivity index (χ3n) is 5.36. The zero-order valence-electron chi connectivity index (χ0n) is 20.6. The molecule has 0 saturated heterocycles. The molecule has 232 valence electrons. The Morgan fingerprint density at radius 1 is 0.905 bits per heavy atom. The van der Waals surface area contributed by atoms with E-state index in [4.69, 9.17) is 11.6 Å². The summed E-state index contributed by atoms with van der Waals surface area (Å²) in [6.07, 6.45) is -21.1. The van der Waals surface area contributed by atoms with Crippen LogP contribution in [0.3, 0.4) is 0 Å². The van der Waals surface area contributed by atoms with Crippen molar-refractivity contribution in [3.63, 3.8) is 0 Å². The lowest BCUT2D eigenvalue weighted by atomic mass is 9.94. The van der Waals surface area contributed by atoms with E-state index in [1.807, 2.05) is 0 Å². The Morgan fingerprint density at radius 3 is 2.00 bits per heavy atom. The molecule has 42 heavy (non-hydrogen) atoms. The van der Waals surface area contributed by atoms with E-state index in [0.29, 0.717) is 31.3 Å². The van der Waals surface area contributed by atoms with Gasteiger partial charge in [-0.15, -0.1) is 0 Å². The number of alkyl halides is 12. The first-order valence-corrected chi connectivity index (χ1v) is 11.4. The lowest BCUT2D eigenvalue weighted by Gasteiger charge is -2.20. The molecule has 1 N–H and O–H groups in total. The molecule has 4 nitrogen and oxygen atoms in total. The number of carbonyl (C=O) groups is 2. The highest BCUT2D eigenvalue weighted by atomic mass is 35.5. The fourth-order valence-corrected chi connectivity index (χ4v) is 3.69. The lowest BCUT2D eigenvalue weighted by Crippen LogP contribution is -2.42. The summed E-state index contributed by atoms with van der Waals surface area (Å²) < 4.78 is 173. The number of halogens is 14.